The maximum atomic E-state index is 12.6. The summed E-state index contributed by atoms with van der Waals surface area (Å²) in [5.41, 5.74) is 8.50. The van der Waals surface area contributed by atoms with E-state index in [1.807, 2.05) is 45.5 Å². The molecule has 240 valence electrons. The number of aromatic nitrogens is 2. The van der Waals surface area contributed by atoms with Crippen molar-refractivity contribution in [2.24, 2.45) is 11.8 Å². The number of aromatic amines is 2. The maximum Gasteiger partial charge on any atom is 0.332 e. The van der Waals surface area contributed by atoms with Crippen LogP contribution in [0.5, 0.6) is 0 Å². The van der Waals surface area contributed by atoms with Crippen molar-refractivity contribution in [3.05, 3.63) is 74.5 Å². The van der Waals surface area contributed by atoms with Crippen molar-refractivity contribution >= 4 is 41.6 Å². The van der Waals surface area contributed by atoms with Crippen LogP contribution in [0.3, 0.4) is 0 Å². The van der Waals surface area contributed by atoms with Crippen molar-refractivity contribution in [1.29, 1.82) is 0 Å². The van der Waals surface area contributed by atoms with Crippen LogP contribution in [0.25, 0.3) is 6.08 Å². The molecule has 2 fully saturated rings. The highest BCUT2D eigenvalue weighted by Crippen LogP contribution is 2.46. The summed E-state index contributed by atoms with van der Waals surface area (Å²) in [5, 5.41) is 35.7. The first-order valence-corrected chi connectivity index (χ1v) is 16.2. The Morgan fingerprint density at radius 3 is 2.36 bits per heavy atom. The van der Waals surface area contributed by atoms with Gasteiger partial charge in [-0.2, -0.15) is 11.8 Å². The van der Waals surface area contributed by atoms with E-state index >= 15 is 0 Å². The molecule has 12 heteroatoms. The quantitative estimate of drug-likeness (QED) is 0.164. The Hall–Kier alpha value is -4.03. The van der Waals surface area contributed by atoms with E-state index in [4.69, 9.17) is 0 Å². The summed E-state index contributed by atoms with van der Waals surface area (Å²) in [6, 6.07) is -0.272. The van der Waals surface area contributed by atoms with Crippen LogP contribution in [-0.4, -0.2) is 72.2 Å². The molecule has 0 unspecified atom stereocenters. The second-order valence-corrected chi connectivity index (χ2v) is 13.5. The Labute approximate surface area is 265 Å². The molecular formula is C33H40N4O7S. The van der Waals surface area contributed by atoms with E-state index in [9.17, 15) is 34.5 Å². The highest BCUT2D eigenvalue weighted by atomic mass is 32.2. The third kappa shape index (κ3) is 6.53. The number of amides is 2. The summed E-state index contributed by atoms with van der Waals surface area (Å²) >= 11 is 1.83. The highest BCUT2D eigenvalue weighted by Gasteiger charge is 2.45. The molecule has 0 saturated carbocycles. The molecule has 0 spiro atoms. The fraction of sp³-hybridized carbons (Fsp3) is 0.455. The molecule has 7 N–H and O–H groups in total. The van der Waals surface area contributed by atoms with Crippen LogP contribution in [-0.2, 0) is 44.9 Å². The Balaban J connectivity index is 1.53. The van der Waals surface area contributed by atoms with Crippen LogP contribution in [0.15, 0.2) is 29.5 Å². The molecule has 0 bridgehead atoms. The van der Waals surface area contributed by atoms with Gasteiger partial charge in [0.25, 0.3) is 5.91 Å². The fourth-order valence-electron chi connectivity index (χ4n) is 6.65. The van der Waals surface area contributed by atoms with Crippen molar-refractivity contribution < 1.29 is 34.5 Å². The van der Waals surface area contributed by atoms with Crippen molar-refractivity contribution in [2.75, 3.05) is 5.75 Å². The summed E-state index contributed by atoms with van der Waals surface area (Å²) < 4.78 is 0. The molecule has 2 saturated heterocycles. The molecule has 2 amide bonds. The predicted molar refractivity (Wildman–Crippen MR) is 171 cm³/mol. The average Bonchev–Trinajstić information content (AvgIpc) is 3.56. The Morgan fingerprint density at radius 1 is 1.07 bits per heavy atom. The van der Waals surface area contributed by atoms with Crippen molar-refractivity contribution in [2.45, 2.75) is 77.2 Å². The summed E-state index contributed by atoms with van der Waals surface area (Å²) in [6.07, 6.45) is 2.70. The van der Waals surface area contributed by atoms with Crippen LogP contribution in [0.1, 0.15) is 65.3 Å². The summed E-state index contributed by atoms with van der Waals surface area (Å²) in [4.78, 5) is 55.1. The number of carbonyl (C=O) groups is 4. The molecule has 5 heterocycles. The van der Waals surface area contributed by atoms with E-state index < -0.39 is 18.0 Å². The smallest absolute Gasteiger partial charge is 0.332 e. The fourth-order valence-corrected chi connectivity index (χ4v) is 7.56. The normalized spacial score (nSPS) is 24.2. The number of allylic oxidation sites excluding steroid dienone is 1. The van der Waals surface area contributed by atoms with Gasteiger partial charge >= 0.3 is 11.9 Å². The SMILES string of the molecule is C=CC1=C(C)[C@@H](Cc2[nH]c(Cc3[nH]c(/C=C4\NC(=O)[C@H](C)[C@H]4[C@H]4CS4)c(C)c3CCC(=O)O)c(C[C@@H](O)C(=O)O)c2C)NC1=O. The second kappa shape index (κ2) is 12.8. The van der Waals surface area contributed by atoms with Gasteiger partial charge in [-0.15, -0.1) is 0 Å². The van der Waals surface area contributed by atoms with Crippen molar-refractivity contribution in [1.82, 2.24) is 20.6 Å². The van der Waals surface area contributed by atoms with Gasteiger partial charge in [-0.3, -0.25) is 14.4 Å². The van der Waals surface area contributed by atoms with E-state index in [-0.39, 0.29) is 49.0 Å². The maximum absolute atomic E-state index is 12.6. The number of thioether (sulfide) groups is 1. The second-order valence-electron chi connectivity index (χ2n) is 12.2. The zero-order chi connectivity index (χ0) is 32.7. The number of aliphatic carboxylic acids is 2. The predicted octanol–water partition coefficient (Wildman–Crippen LogP) is 2.94. The molecule has 45 heavy (non-hydrogen) atoms. The van der Waals surface area contributed by atoms with Gasteiger partial charge in [-0.1, -0.05) is 19.6 Å². The zero-order valence-corrected chi connectivity index (χ0v) is 26.7. The number of nitrogens with one attached hydrogen (secondary N) is 4. The summed E-state index contributed by atoms with van der Waals surface area (Å²) in [7, 11) is 0. The van der Waals surface area contributed by atoms with E-state index in [1.54, 1.807) is 0 Å². The van der Waals surface area contributed by atoms with Gasteiger partial charge in [0.2, 0.25) is 5.91 Å². The number of aliphatic hydroxyl groups is 1. The van der Waals surface area contributed by atoms with E-state index in [0.29, 0.717) is 34.9 Å². The van der Waals surface area contributed by atoms with Crippen LogP contribution < -0.4 is 10.6 Å². The number of carboxylic acids is 2. The molecule has 5 rings (SSSR count). The largest absolute Gasteiger partial charge is 0.481 e. The highest BCUT2D eigenvalue weighted by molar-refractivity contribution is 8.06. The van der Waals surface area contributed by atoms with Crippen LogP contribution >= 0.6 is 11.8 Å². The number of H-pyrrole nitrogens is 2. The molecule has 2 aromatic rings. The lowest BCUT2D eigenvalue weighted by Gasteiger charge is -2.12. The van der Waals surface area contributed by atoms with E-state index in [0.717, 1.165) is 50.8 Å². The third-order valence-electron chi connectivity index (χ3n) is 9.45. The molecule has 3 aliphatic heterocycles. The minimum Gasteiger partial charge on any atom is -0.481 e. The molecule has 0 aromatic carbocycles. The molecule has 5 atom stereocenters. The molecule has 0 radical (unpaired) electrons. The topological polar surface area (TPSA) is 185 Å². The average molecular weight is 637 g/mol. The number of carboxylic acid groups (broad SMARTS) is 2. The van der Waals surface area contributed by atoms with Gasteiger partial charge in [0.15, 0.2) is 6.10 Å². The van der Waals surface area contributed by atoms with Gasteiger partial charge < -0.3 is 35.9 Å². The van der Waals surface area contributed by atoms with Crippen molar-refractivity contribution in [3.63, 3.8) is 0 Å². The first-order valence-electron chi connectivity index (χ1n) is 15.1. The number of hydrogen-bond donors (Lipinski definition) is 7. The van der Waals surface area contributed by atoms with Crippen molar-refractivity contribution in [3.8, 4) is 0 Å². The van der Waals surface area contributed by atoms with E-state index in [2.05, 4.69) is 27.2 Å². The number of carbonyl (C=O) groups excluding carboxylic acids is 2. The molecule has 3 aliphatic rings. The molecule has 0 aliphatic carbocycles. The molecule has 11 nitrogen and oxygen atoms in total. The number of aliphatic hydroxyl groups excluding tert-OH is 1. The van der Waals surface area contributed by atoms with Gasteiger partial charge in [-0.05, 0) is 61.1 Å². The van der Waals surface area contributed by atoms with Crippen LogP contribution in [0.2, 0.25) is 0 Å². The zero-order valence-electron chi connectivity index (χ0n) is 25.9. The lowest BCUT2D eigenvalue weighted by Crippen LogP contribution is -2.30. The number of hydrogen-bond acceptors (Lipinski definition) is 6. The molecule has 2 aromatic heterocycles. The Morgan fingerprint density at radius 2 is 1.76 bits per heavy atom. The lowest BCUT2D eigenvalue weighted by molar-refractivity contribution is -0.146. The Kier molecular flexibility index (Phi) is 9.18. The first kappa shape index (κ1) is 32.4. The summed E-state index contributed by atoms with van der Waals surface area (Å²) in [5.74, 6) is -1.49. The third-order valence-corrected chi connectivity index (χ3v) is 10.5. The minimum absolute atomic E-state index is 0.00551. The monoisotopic (exact) mass is 636 g/mol. The molecular weight excluding hydrogens is 596 g/mol. The minimum atomic E-state index is -1.62. The Bertz CT molecular complexity index is 1640. The van der Waals surface area contributed by atoms with Crippen LogP contribution in [0, 0.1) is 25.7 Å². The van der Waals surface area contributed by atoms with Crippen LogP contribution in [0.4, 0.5) is 0 Å². The van der Waals surface area contributed by atoms with E-state index in [1.165, 1.54) is 6.08 Å². The van der Waals surface area contributed by atoms with Gasteiger partial charge in [0.05, 0.1) is 6.04 Å². The standard InChI is InChI=1S/C33H40N4O7S/c1-6-18-14(2)23(36-32(18)42)10-21-16(4)20(9-27(38)33(43)44)25(35-21)12-24-19(7-8-29(39)40)15(3)22(34-24)11-26-30(28-13-45-28)17(5)31(41)37-26/h6,11,17,23,27-28,30,34-35,38H,1,7-10,12-13H2,2-5H3,(H,36,42)(H,37,41)(H,39,40)(H,43,44)/b26-11-/t17-,23-,27-,28-,30-/m1/s1. The summed E-state index contributed by atoms with van der Waals surface area (Å²) in [6.45, 7) is 11.4. The first-order chi connectivity index (χ1) is 21.3. The number of rotatable bonds is 13. The van der Waals surface area contributed by atoms with Gasteiger partial charge in [0.1, 0.15) is 0 Å². The van der Waals surface area contributed by atoms with Gasteiger partial charge in [0, 0.05) is 82.6 Å². The lowest BCUT2D eigenvalue weighted by atomic mass is 9.91. The van der Waals surface area contributed by atoms with Gasteiger partial charge in [-0.25, -0.2) is 4.79 Å².